The van der Waals surface area contributed by atoms with Crippen molar-refractivity contribution in [3.8, 4) is 0 Å². The molecule has 4 aromatic rings. The quantitative estimate of drug-likeness (QED) is 0.523. The van der Waals surface area contributed by atoms with Crippen molar-refractivity contribution in [2.45, 2.75) is 23.7 Å². The predicted molar refractivity (Wildman–Crippen MR) is 103 cm³/mol. The second-order valence-electron chi connectivity index (χ2n) is 5.87. The molecule has 0 aliphatic carbocycles. The van der Waals surface area contributed by atoms with Crippen LogP contribution in [0.4, 0.5) is 5.82 Å². The number of nitrogens with zero attached hydrogens (tertiary/aromatic N) is 5. The Morgan fingerprint density at radius 1 is 1.04 bits per heavy atom. The highest BCUT2D eigenvalue weighted by atomic mass is 32.2. The zero-order chi connectivity index (χ0) is 17.8. The molecule has 0 saturated carbocycles. The van der Waals surface area contributed by atoms with Gasteiger partial charge in [0.1, 0.15) is 10.8 Å². The second kappa shape index (κ2) is 7.53. The van der Waals surface area contributed by atoms with Crippen LogP contribution in [0, 0.1) is 0 Å². The van der Waals surface area contributed by atoms with Crippen LogP contribution >= 0.6 is 11.8 Å². The van der Waals surface area contributed by atoms with Crippen LogP contribution in [0.15, 0.2) is 72.1 Å². The Labute approximate surface area is 155 Å². The van der Waals surface area contributed by atoms with Crippen molar-refractivity contribution in [2.75, 3.05) is 5.32 Å². The van der Waals surface area contributed by atoms with Crippen LogP contribution in [0.1, 0.15) is 24.4 Å². The Kier molecular flexibility index (Phi) is 4.79. The average Bonchev–Trinajstić information content (AvgIpc) is 3.12. The van der Waals surface area contributed by atoms with E-state index in [0.717, 1.165) is 28.1 Å². The van der Waals surface area contributed by atoms with Crippen molar-refractivity contribution >= 4 is 23.2 Å². The standard InChI is InChI=1S/C19H18N6S/c1-14(19-24-23-17-9-5-6-10-25(17)19)21-16-11-20-12-18(22-16)26-13-15-7-3-2-4-8-15/h2-12,14H,13H2,1H3,(H,21,22). The first kappa shape index (κ1) is 16.5. The first-order valence-electron chi connectivity index (χ1n) is 8.34. The van der Waals surface area contributed by atoms with Crippen molar-refractivity contribution in [1.82, 2.24) is 24.6 Å². The minimum Gasteiger partial charge on any atom is -0.359 e. The number of rotatable bonds is 6. The molecule has 1 aromatic carbocycles. The van der Waals surface area contributed by atoms with E-state index in [1.165, 1.54) is 5.56 Å². The molecule has 3 aromatic heterocycles. The van der Waals surface area contributed by atoms with E-state index in [2.05, 4.69) is 37.6 Å². The summed E-state index contributed by atoms with van der Waals surface area (Å²) in [6.07, 6.45) is 5.48. The van der Waals surface area contributed by atoms with Crippen LogP contribution in [0.3, 0.4) is 0 Å². The molecule has 0 spiro atoms. The highest BCUT2D eigenvalue weighted by Gasteiger charge is 2.14. The molecule has 4 rings (SSSR count). The van der Waals surface area contributed by atoms with Crippen molar-refractivity contribution in [3.05, 3.63) is 78.5 Å². The van der Waals surface area contributed by atoms with Crippen LogP contribution in [0.5, 0.6) is 0 Å². The molecule has 1 N–H and O–H groups in total. The van der Waals surface area contributed by atoms with Crippen molar-refractivity contribution in [1.29, 1.82) is 0 Å². The van der Waals surface area contributed by atoms with Crippen LogP contribution in [-0.4, -0.2) is 24.6 Å². The smallest absolute Gasteiger partial charge is 0.160 e. The molecule has 1 atom stereocenters. The van der Waals surface area contributed by atoms with E-state index in [0.29, 0.717) is 0 Å². The maximum absolute atomic E-state index is 4.65. The van der Waals surface area contributed by atoms with Crippen molar-refractivity contribution in [2.24, 2.45) is 0 Å². The number of hydrogen-bond acceptors (Lipinski definition) is 6. The maximum Gasteiger partial charge on any atom is 0.160 e. The lowest BCUT2D eigenvalue weighted by Crippen LogP contribution is -2.12. The lowest BCUT2D eigenvalue weighted by atomic mass is 10.2. The van der Waals surface area contributed by atoms with E-state index in [4.69, 9.17) is 0 Å². The molecule has 0 bridgehead atoms. The van der Waals surface area contributed by atoms with E-state index in [9.17, 15) is 0 Å². The zero-order valence-corrected chi connectivity index (χ0v) is 15.1. The SMILES string of the molecule is CC(Nc1cncc(SCc2ccccc2)n1)c1nnc2ccccn12. The van der Waals surface area contributed by atoms with Gasteiger partial charge in [0.05, 0.1) is 18.4 Å². The van der Waals surface area contributed by atoms with Gasteiger partial charge in [-0.2, -0.15) is 0 Å². The normalized spacial score (nSPS) is 12.2. The molecule has 0 aliphatic heterocycles. The van der Waals surface area contributed by atoms with Gasteiger partial charge < -0.3 is 5.32 Å². The van der Waals surface area contributed by atoms with E-state index in [-0.39, 0.29) is 6.04 Å². The van der Waals surface area contributed by atoms with E-state index >= 15 is 0 Å². The summed E-state index contributed by atoms with van der Waals surface area (Å²) in [5, 5.41) is 12.7. The average molecular weight is 362 g/mol. The fraction of sp³-hybridized carbons (Fsp3) is 0.158. The second-order valence-corrected chi connectivity index (χ2v) is 6.87. The third-order valence-corrected chi connectivity index (χ3v) is 4.90. The molecule has 0 fully saturated rings. The van der Waals surface area contributed by atoms with Crippen LogP contribution < -0.4 is 5.32 Å². The number of anilines is 1. The number of aromatic nitrogens is 5. The largest absolute Gasteiger partial charge is 0.359 e. The molecular formula is C19H18N6S. The van der Waals surface area contributed by atoms with Gasteiger partial charge in [0.15, 0.2) is 11.5 Å². The number of hydrogen-bond donors (Lipinski definition) is 1. The van der Waals surface area contributed by atoms with Gasteiger partial charge in [-0.05, 0) is 24.6 Å². The molecule has 0 aliphatic rings. The first-order valence-corrected chi connectivity index (χ1v) is 9.33. The molecule has 6 nitrogen and oxygen atoms in total. The Balaban J connectivity index is 1.46. The highest BCUT2D eigenvalue weighted by Crippen LogP contribution is 2.23. The van der Waals surface area contributed by atoms with Gasteiger partial charge in [-0.25, -0.2) is 4.98 Å². The number of pyridine rings is 1. The molecular weight excluding hydrogens is 344 g/mol. The summed E-state index contributed by atoms with van der Waals surface area (Å²) in [5.74, 6) is 2.43. The molecule has 130 valence electrons. The fourth-order valence-corrected chi connectivity index (χ4v) is 3.47. The monoisotopic (exact) mass is 362 g/mol. The summed E-state index contributed by atoms with van der Waals surface area (Å²) in [6, 6.07) is 16.1. The minimum absolute atomic E-state index is 0.0453. The van der Waals surface area contributed by atoms with Gasteiger partial charge in [-0.15, -0.1) is 22.0 Å². The summed E-state index contributed by atoms with van der Waals surface area (Å²) in [6.45, 7) is 2.04. The summed E-state index contributed by atoms with van der Waals surface area (Å²) >= 11 is 1.67. The number of thioether (sulfide) groups is 1. The van der Waals surface area contributed by atoms with Crippen LogP contribution in [-0.2, 0) is 5.75 Å². The van der Waals surface area contributed by atoms with Crippen molar-refractivity contribution in [3.63, 3.8) is 0 Å². The topological polar surface area (TPSA) is 68.0 Å². The third kappa shape index (κ3) is 3.67. The lowest BCUT2D eigenvalue weighted by molar-refractivity contribution is 0.764. The molecule has 7 heteroatoms. The van der Waals surface area contributed by atoms with Gasteiger partial charge in [-0.3, -0.25) is 9.38 Å². The zero-order valence-electron chi connectivity index (χ0n) is 14.3. The summed E-state index contributed by atoms with van der Waals surface area (Å²) in [5.41, 5.74) is 2.09. The Bertz CT molecular complexity index is 1000. The van der Waals surface area contributed by atoms with Gasteiger partial charge in [0, 0.05) is 11.9 Å². The summed E-state index contributed by atoms with van der Waals surface area (Å²) < 4.78 is 1.97. The number of fused-ring (bicyclic) bond motifs is 1. The summed E-state index contributed by atoms with van der Waals surface area (Å²) in [4.78, 5) is 8.95. The van der Waals surface area contributed by atoms with E-state index < -0.39 is 0 Å². The minimum atomic E-state index is -0.0453. The van der Waals surface area contributed by atoms with Gasteiger partial charge in [-0.1, -0.05) is 36.4 Å². The van der Waals surface area contributed by atoms with Gasteiger partial charge in [0.2, 0.25) is 0 Å². The molecule has 1 unspecified atom stereocenters. The molecule has 0 radical (unpaired) electrons. The highest BCUT2D eigenvalue weighted by molar-refractivity contribution is 7.98. The van der Waals surface area contributed by atoms with E-state index in [1.807, 2.05) is 53.9 Å². The molecule has 26 heavy (non-hydrogen) atoms. The Hall–Kier alpha value is -2.93. The number of nitrogens with one attached hydrogen (secondary N) is 1. The lowest BCUT2D eigenvalue weighted by Gasteiger charge is -2.13. The Morgan fingerprint density at radius 3 is 2.77 bits per heavy atom. The van der Waals surface area contributed by atoms with Crippen molar-refractivity contribution < 1.29 is 0 Å². The van der Waals surface area contributed by atoms with Gasteiger partial charge in [0.25, 0.3) is 0 Å². The molecule has 0 saturated heterocycles. The Morgan fingerprint density at radius 2 is 1.88 bits per heavy atom. The first-order chi connectivity index (χ1) is 12.8. The van der Waals surface area contributed by atoms with Crippen LogP contribution in [0.25, 0.3) is 5.65 Å². The van der Waals surface area contributed by atoms with E-state index in [1.54, 1.807) is 24.2 Å². The fourth-order valence-electron chi connectivity index (χ4n) is 2.66. The predicted octanol–water partition coefficient (Wildman–Crippen LogP) is 3.98. The number of benzene rings is 1. The van der Waals surface area contributed by atoms with Crippen LogP contribution in [0.2, 0.25) is 0 Å². The molecule has 0 amide bonds. The molecule has 3 heterocycles. The maximum atomic E-state index is 4.65. The summed E-state index contributed by atoms with van der Waals surface area (Å²) in [7, 11) is 0. The third-order valence-electron chi connectivity index (χ3n) is 3.93. The van der Waals surface area contributed by atoms with Gasteiger partial charge >= 0.3 is 0 Å².